The van der Waals surface area contributed by atoms with E-state index in [4.69, 9.17) is 5.11 Å². The predicted octanol–water partition coefficient (Wildman–Crippen LogP) is 3.10. The lowest BCUT2D eigenvalue weighted by atomic mass is 9.94. The van der Waals surface area contributed by atoms with Gasteiger partial charge in [0.25, 0.3) is 0 Å². The van der Waals surface area contributed by atoms with Crippen molar-refractivity contribution >= 4 is 12.0 Å². The maximum absolute atomic E-state index is 12.9. The Kier molecular flexibility index (Phi) is 5.29. The van der Waals surface area contributed by atoms with Crippen molar-refractivity contribution in [1.82, 2.24) is 10.2 Å². The monoisotopic (exact) mass is 358 g/mol. The second kappa shape index (κ2) is 6.93. The van der Waals surface area contributed by atoms with Crippen LogP contribution in [0.1, 0.15) is 30.9 Å². The summed E-state index contributed by atoms with van der Waals surface area (Å²) in [6, 6.07) is 4.74. The molecule has 0 bridgehead atoms. The summed E-state index contributed by atoms with van der Waals surface area (Å²) in [4.78, 5) is 24.2. The molecule has 0 aromatic heterocycles. The Bertz CT molecular complexity index is 657. The van der Waals surface area contributed by atoms with E-state index in [9.17, 15) is 22.8 Å². The molecular weight excluding hydrogens is 337 g/mol. The highest BCUT2D eigenvalue weighted by Crippen LogP contribution is 2.48. The Morgan fingerprint density at radius 3 is 2.52 bits per heavy atom. The van der Waals surface area contributed by atoms with E-state index >= 15 is 0 Å². The van der Waals surface area contributed by atoms with Gasteiger partial charge in [-0.25, -0.2) is 4.79 Å². The lowest BCUT2D eigenvalue weighted by Crippen LogP contribution is -2.43. The molecule has 0 spiro atoms. The number of alkyl halides is 3. The van der Waals surface area contributed by atoms with Crippen LogP contribution in [0.25, 0.3) is 0 Å². The van der Waals surface area contributed by atoms with Crippen molar-refractivity contribution < 1.29 is 27.9 Å². The fraction of sp³-hybridized carbons (Fsp3) is 0.529. The maximum Gasteiger partial charge on any atom is 0.416 e. The lowest BCUT2D eigenvalue weighted by Gasteiger charge is -2.23. The summed E-state index contributed by atoms with van der Waals surface area (Å²) in [5, 5.41) is 11.6. The quantitative estimate of drug-likeness (QED) is 0.821. The largest absolute Gasteiger partial charge is 0.481 e. The molecule has 1 aromatic rings. The summed E-state index contributed by atoms with van der Waals surface area (Å²) in [6.07, 6.45) is -3.00. The highest BCUT2D eigenvalue weighted by atomic mass is 19.4. The Balaban J connectivity index is 1.99. The van der Waals surface area contributed by atoms with Gasteiger partial charge in [-0.15, -0.1) is 0 Å². The summed E-state index contributed by atoms with van der Waals surface area (Å²) in [5.74, 6) is -1.70. The van der Waals surface area contributed by atoms with Gasteiger partial charge in [0.15, 0.2) is 0 Å². The number of benzene rings is 1. The highest BCUT2D eigenvalue weighted by molar-refractivity contribution is 5.75. The summed E-state index contributed by atoms with van der Waals surface area (Å²) >= 11 is 0. The Morgan fingerprint density at radius 2 is 2.00 bits per heavy atom. The number of hydrogen-bond donors (Lipinski definition) is 2. The van der Waals surface area contributed by atoms with Crippen LogP contribution in [0, 0.1) is 5.92 Å². The third-order valence-electron chi connectivity index (χ3n) is 4.55. The fourth-order valence-electron chi connectivity index (χ4n) is 2.70. The molecule has 1 unspecified atom stereocenters. The molecule has 0 saturated heterocycles. The van der Waals surface area contributed by atoms with Crippen LogP contribution in [0.4, 0.5) is 18.0 Å². The smallest absolute Gasteiger partial charge is 0.416 e. The van der Waals surface area contributed by atoms with Gasteiger partial charge in [0, 0.05) is 25.6 Å². The van der Waals surface area contributed by atoms with Crippen molar-refractivity contribution in [2.45, 2.75) is 31.4 Å². The van der Waals surface area contributed by atoms with E-state index in [0.717, 1.165) is 12.1 Å². The molecule has 1 aliphatic carbocycles. The molecule has 0 heterocycles. The third-order valence-corrected chi connectivity index (χ3v) is 4.55. The van der Waals surface area contributed by atoms with E-state index in [1.807, 2.05) is 0 Å². The SMILES string of the molecule is CC(CN(C)C(=O)NCC1(c2cccc(C(F)(F)F)c2)CC1)C(=O)O. The molecule has 138 valence electrons. The van der Waals surface area contributed by atoms with Crippen LogP contribution >= 0.6 is 0 Å². The minimum absolute atomic E-state index is 0.0533. The zero-order chi connectivity index (χ0) is 18.8. The Hall–Kier alpha value is -2.25. The highest BCUT2D eigenvalue weighted by Gasteiger charge is 2.45. The van der Waals surface area contributed by atoms with Crippen LogP contribution in [0.15, 0.2) is 24.3 Å². The molecule has 1 fully saturated rings. The van der Waals surface area contributed by atoms with Crippen LogP contribution in [0.2, 0.25) is 0 Å². The summed E-state index contributed by atoms with van der Waals surface area (Å²) in [5.41, 5.74) is -0.616. The van der Waals surface area contributed by atoms with Gasteiger partial charge >= 0.3 is 18.2 Å². The number of halogens is 3. The van der Waals surface area contributed by atoms with Crippen molar-refractivity contribution in [3.63, 3.8) is 0 Å². The number of carbonyl (C=O) groups excluding carboxylic acids is 1. The van der Waals surface area contributed by atoms with Crippen molar-refractivity contribution in [3.05, 3.63) is 35.4 Å². The van der Waals surface area contributed by atoms with E-state index < -0.39 is 35.1 Å². The number of carboxylic acids is 1. The normalized spacial score (nSPS) is 16.8. The minimum atomic E-state index is -4.40. The molecule has 2 rings (SSSR count). The van der Waals surface area contributed by atoms with Crippen molar-refractivity contribution in [3.8, 4) is 0 Å². The van der Waals surface area contributed by atoms with Crippen molar-refractivity contribution in [2.24, 2.45) is 5.92 Å². The molecule has 1 aliphatic rings. The molecule has 2 N–H and O–H groups in total. The fourth-order valence-corrected chi connectivity index (χ4v) is 2.70. The number of rotatable bonds is 6. The number of aliphatic carboxylic acids is 1. The van der Waals surface area contributed by atoms with E-state index in [2.05, 4.69) is 5.32 Å². The summed E-state index contributed by atoms with van der Waals surface area (Å²) < 4.78 is 38.6. The molecule has 1 atom stereocenters. The van der Waals surface area contributed by atoms with Gasteiger partial charge in [0.05, 0.1) is 11.5 Å². The number of urea groups is 1. The molecule has 1 aromatic carbocycles. The second-order valence-electron chi connectivity index (χ2n) is 6.64. The number of carboxylic acid groups (broad SMARTS) is 1. The molecule has 1 saturated carbocycles. The van der Waals surface area contributed by atoms with Crippen LogP contribution in [0.5, 0.6) is 0 Å². The minimum Gasteiger partial charge on any atom is -0.481 e. The van der Waals surface area contributed by atoms with E-state index in [1.165, 1.54) is 24.9 Å². The van der Waals surface area contributed by atoms with Crippen molar-refractivity contribution in [1.29, 1.82) is 0 Å². The molecule has 25 heavy (non-hydrogen) atoms. The van der Waals surface area contributed by atoms with E-state index in [1.54, 1.807) is 6.07 Å². The maximum atomic E-state index is 12.9. The summed E-state index contributed by atoms with van der Waals surface area (Å²) in [6.45, 7) is 1.77. The van der Waals surface area contributed by atoms with Gasteiger partial charge < -0.3 is 15.3 Å². The molecule has 8 heteroatoms. The van der Waals surface area contributed by atoms with Crippen LogP contribution in [-0.4, -0.2) is 42.1 Å². The predicted molar refractivity (Wildman–Crippen MR) is 85.2 cm³/mol. The number of carbonyl (C=O) groups is 2. The average molecular weight is 358 g/mol. The molecular formula is C17H21F3N2O3. The van der Waals surface area contributed by atoms with Crippen LogP contribution < -0.4 is 5.32 Å². The average Bonchev–Trinajstić information content (AvgIpc) is 3.33. The van der Waals surface area contributed by atoms with Gasteiger partial charge in [0.2, 0.25) is 0 Å². The van der Waals surface area contributed by atoms with Gasteiger partial charge in [-0.2, -0.15) is 13.2 Å². The molecule has 0 aliphatic heterocycles. The first-order valence-corrected chi connectivity index (χ1v) is 7.95. The van der Waals surface area contributed by atoms with Crippen LogP contribution in [-0.2, 0) is 16.4 Å². The number of hydrogen-bond acceptors (Lipinski definition) is 2. The zero-order valence-corrected chi connectivity index (χ0v) is 14.1. The second-order valence-corrected chi connectivity index (χ2v) is 6.64. The third kappa shape index (κ3) is 4.64. The van der Waals surface area contributed by atoms with Gasteiger partial charge in [-0.05, 0) is 24.5 Å². The standard InChI is InChI=1S/C17H21F3N2O3/c1-11(14(23)24)9-22(2)15(25)21-10-16(6-7-16)12-4-3-5-13(8-12)17(18,19)20/h3-5,8,11H,6-7,9-10H2,1-2H3,(H,21,25)(H,23,24). The van der Waals surface area contributed by atoms with Gasteiger partial charge in [-0.1, -0.05) is 25.1 Å². The first-order chi connectivity index (χ1) is 11.5. The number of nitrogens with zero attached hydrogens (tertiary/aromatic N) is 1. The Morgan fingerprint density at radius 1 is 1.36 bits per heavy atom. The molecule has 2 amide bonds. The van der Waals surface area contributed by atoms with E-state index in [-0.39, 0.29) is 13.1 Å². The first-order valence-electron chi connectivity index (χ1n) is 7.95. The molecule has 5 nitrogen and oxygen atoms in total. The number of nitrogens with one attached hydrogen (secondary N) is 1. The lowest BCUT2D eigenvalue weighted by molar-refractivity contribution is -0.141. The zero-order valence-electron chi connectivity index (χ0n) is 14.1. The summed E-state index contributed by atoms with van der Waals surface area (Å²) in [7, 11) is 1.48. The van der Waals surface area contributed by atoms with Crippen LogP contribution in [0.3, 0.4) is 0 Å². The van der Waals surface area contributed by atoms with Crippen molar-refractivity contribution in [2.75, 3.05) is 20.1 Å². The first kappa shape index (κ1) is 19.1. The Labute approximate surface area is 143 Å². The number of amides is 2. The topological polar surface area (TPSA) is 69.6 Å². The van der Waals surface area contributed by atoms with Gasteiger partial charge in [0.1, 0.15) is 0 Å². The van der Waals surface area contributed by atoms with E-state index in [0.29, 0.717) is 18.4 Å². The molecule has 0 radical (unpaired) electrons. The van der Waals surface area contributed by atoms with Gasteiger partial charge in [-0.3, -0.25) is 4.79 Å².